The number of benzene rings is 1. The first kappa shape index (κ1) is 14.6. The monoisotopic (exact) mass is 293 g/mol. The summed E-state index contributed by atoms with van der Waals surface area (Å²) in [6.07, 6.45) is 3.53. The maximum absolute atomic E-state index is 9.15. The van der Waals surface area contributed by atoms with Gasteiger partial charge in [-0.3, -0.25) is 4.98 Å². The quantitative estimate of drug-likeness (QED) is 0.920. The average molecular weight is 294 g/mol. The topological polar surface area (TPSA) is 51.6 Å². The predicted molar refractivity (Wildman–Crippen MR) is 77.2 cm³/mol. The summed E-state index contributed by atoms with van der Waals surface area (Å²) in [6.45, 7) is 2.22. The van der Waals surface area contributed by atoms with Gasteiger partial charge in [0, 0.05) is 18.0 Å². The Morgan fingerprint density at radius 3 is 2.65 bits per heavy atom. The van der Waals surface area contributed by atoms with E-state index in [1.807, 2.05) is 13.0 Å². The molecule has 0 amide bonds. The number of aryl methyl sites for hydroxylation is 1. The van der Waals surface area contributed by atoms with Crippen molar-refractivity contribution in [1.29, 1.82) is 0 Å². The fourth-order valence-corrected chi connectivity index (χ4v) is 2.14. The number of nitrogens with zero attached hydrogens (tertiary/aromatic N) is 1. The van der Waals surface area contributed by atoms with Crippen LogP contribution in [0.5, 0.6) is 11.5 Å². The van der Waals surface area contributed by atoms with Gasteiger partial charge in [0.2, 0.25) is 0 Å². The van der Waals surface area contributed by atoms with Gasteiger partial charge in [0.15, 0.2) is 11.5 Å². The molecule has 0 saturated carbocycles. The number of hydrogen-bond donors (Lipinski definition) is 1. The molecule has 0 aliphatic heterocycles. The van der Waals surface area contributed by atoms with Crippen LogP contribution < -0.4 is 9.47 Å². The maximum Gasteiger partial charge on any atom is 0.180 e. The van der Waals surface area contributed by atoms with E-state index in [4.69, 9.17) is 26.2 Å². The second kappa shape index (κ2) is 6.59. The first-order chi connectivity index (χ1) is 9.63. The van der Waals surface area contributed by atoms with Crippen molar-refractivity contribution < 1.29 is 14.6 Å². The van der Waals surface area contributed by atoms with Crippen molar-refractivity contribution in [2.45, 2.75) is 20.1 Å². The van der Waals surface area contributed by atoms with Crippen molar-refractivity contribution in [3.8, 4) is 11.5 Å². The number of rotatable bonds is 5. The lowest BCUT2D eigenvalue weighted by atomic mass is 10.2. The number of ether oxygens (including phenoxy) is 2. The molecule has 1 aromatic heterocycles. The summed E-state index contributed by atoms with van der Waals surface area (Å²) in [6, 6.07) is 5.36. The number of halogens is 1. The van der Waals surface area contributed by atoms with Crippen LogP contribution in [0.2, 0.25) is 5.02 Å². The van der Waals surface area contributed by atoms with E-state index < -0.39 is 0 Å². The van der Waals surface area contributed by atoms with Crippen molar-refractivity contribution in [2.24, 2.45) is 0 Å². The zero-order valence-corrected chi connectivity index (χ0v) is 12.1. The van der Waals surface area contributed by atoms with Crippen LogP contribution in [0.1, 0.15) is 16.7 Å². The minimum absolute atomic E-state index is 0.0990. The Balaban J connectivity index is 2.20. The van der Waals surface area contributed by atoms with Gasteiger partial charge in [0.1, 0.15) is 6.61 Å². The lowest BCUT2D eigenvalue weighted by molar-refractivity contribution is 0.274. The van der Waals surface area contributed by atoms with Crippen LogP contribution in [-0.2, 0) is 13.2 Å². The molecular formula is C15H16ClNO3. The molecule has 2 aromatic rings. The molecule has 4 nitrogen and oxygen atoms in total. The van der Waals surface area contributed by atoms with Crippen LogP contribution in [0, 0.1) is 6.92 Å². The zero-order valence-electron chi connectivity index (χ0n) is 11.4. The van der Waals surface area contributed by atoms with Crippen LogP contribution in [0.15, 0.2) is 30.6 Å². The van der Waals surface area contributed by atoms with Crippen LogP contribution in [0.25, 0.3) is 0 Å². The Hall–Kier alpha value is -1.78. The van der Waals surface area contributed by atoms with Gasteiger partial charge < -0.3 is 14.6 Å². The molecule has 106 valence electrons. The second-order valence-electron chi connectivity index (χ2n) is 4.43. The van der Waals surface area contributed by atoms with E-state index in [1.165, 1.54) is 7.11 Å². The van der Waals surface area contributed by atoms with Gasteiger partial charge in [-0.2, -0.15) is 0 Å². The zero-order chi connectivity index (χ0) is 14.5. The fourth-order valence-electron chi connectivity index (χ4n) is 1.86. The van der Waals surface area contributed by atoms with Crippen LogP contribution >= 0.6 is 11.6 Å². The van der Waals surface area contributed by atoms with E-state index in [1.54, 1.807) is 24.5 Å². The van der Waals surface area contributed by atoms with Gasteiger partial charge in [0.25, 0.3) is 0 Å². The van der Waals surface area contributed by atoms with Crippen molar-refractivity contribution in [2.75, 3.05) is 7.11 Å². The van der Waals surface area contributed by atoms with Crippen LogP contribution in [0.3, 0.4) is 0 Å². The number of pyridine rings is 1. The standard InChI is InChI=1S/C15H16ClNO3/c1-10-3-12(7-17-6-10)9-20-15-13(16)4-11(8-18)5-14(15)19-2/h3-7,18H,8-9H2,1-2H3. The van der Waals surface area contributed by atoms with E-state index in [9.17, 15) is 0 Å². The molecule has 0 aliphatic carbocycles. The highest BCUT2D eigenvalue weighted by atomic mass is 35.5. The number of aliphatic hydroxyl groups excluding tert-OH is 1. The van der Waals surface area contributed by atoms with Crippen molar-refractivity contribution >= 4 is 11.6 Å². The summed E-state index contributed by atoms with van der Waals surface area (Å²) < 4.78 is 11.0. The third-order valence-corrected chi connectivity index (χ3v) is 3.07. The van der Waals surface area contributed by atoms with Crippen molar-refractivity contribution in [1.82, 2.24) is 4.98 Å². The summed E-state index contributed by atoms with van der Waals surface area (Å²) in [5.74, 6) is 0.968. The largest absolute Gasteiger partial charge is 0.493 e. The van der Waals surface area contributed by atoms with Crippen LogP contribution in [0.4, 0.5) is 0 Å². The second-order valence-corrected chi connectivity index (χ2v) is 4.83. The molecule has 0 aliphatic rings. The molecular weight excluding hydrogens is 278 g/mol. The van der Waals surface area contributed by atoms with Gasteiger partial charge >= 0.3 is 0 Å². The molecule has 1 N–H and O–H groups in total. The molecule has 0 radical (unpaired) electrons. The number of aromatic nitrogens is 1. The Morgan fingerprint density at radius 2 is 2.00 bits per heavy atom. The number of methoxy groups -OCH3 is 1. The van der Waals surface area contributed by atoms with E-state index in [-0.39, 0.29) is 6.61 Å². The molecule has 0 atom stereocenters. The Kier molecular flexibility index (Phi) is 4.82. The maximum atomic E-state index is 9.15. The Labute approximate surface area is 122 Å². The van der Waals surface area contributed by atoms with E-state index in [0.717, 1.165) is 11.1 Å². The van der Waals surface area contributed by atoms with Gasteiger partial charge in [-0.25, -0.2) is 0 Å². The number of hydrogen-bond acceptors (Lipinski definition) is 4. The van der Waals surface area contributed by atoms with Crippen molar-refractivity contribution in [3.63, 3.8) is 0 Å². The van der Waals surface area contributed by atoms with E-state index >= 15 is 0 Å². The Morgan fingerprint density at radius 1 is 1.20 bits per heavy atom. The molecule has 5 heteroatoms. The Bertz CT molecular complexity index is 602. The van der Waals surface area contributed by atoms with E-state index in [0.29, 0.717) is 28.7 Å². The summed E-state index contributed by atoms with van der Waals surface area (Å²) in [5.41, 5.74) is 2.70. The molecule has 0 bridgehead atoms. The predicted octanol–water partition coefficient (Wildman–Crippen LogP) is 3.12. The highest BCUT2D eigenvalue weighted by Gasteiger charge is 2.12. The minimum atomic E-state index is -0.0990. The van der Waals surface area contributed by atoms with Gasteiger partial charge in [-0.15, -0.1) is 0 Å². The first-order valence-corrected chi connectivity index (χ1v) is 6.52. The van der Waals surface area contributed by atoms with Gasteiger partial charge in [-0.1, -0.05) is 11.6 Å². The average Bonchev–Trinajstić information content (AvgIpc) is 2.45. The van der Waals surface area contributed by atoms with E-state index in [2.05, 4.69) is 4.98 Å². The molecule has 2 rings (SSSR count). The molecule has 0 fully saturated rings. The fraction of sp³-hybridized carbons (Fsp3) is 0.267. The summed E-state index contributed by atoms with van der Waals surface area (Å²) in [5, 5.41) is 9.56. The summed E-state index contributed by atoms with van der Waals surface area (Å²) >= 11 is 6.16. The van der Waals surface area contributed by atoms with Crippen LogP contribution in [-0.4, -0.2) is 17.2 Å². The minimum Gasteiger partial charge on any atom is -0.493 e. The molecule has 0 saturated heterocycles. The summed E-state index contributed by atoms with van der Waals surface area (Å²) in [4.78, 5) is 4.11. The molecule has 0 unspecified atom stereocenters. The molecule has 1 heterocycles. The van der Waals surface area contributed by atoms with Crippen molar-refractivity contribution in [3.05, 3.63) is 52.3 Å². The first-order valence-electron chi connectivity index (χ1n) is 6.14. The molecule has 1 aromatic carbocycles. The third-order valence-electron chi connectivity index (χ3n) is 2.79. The van der Waals surface area contributed by atoms with Gasteiger partial charge in [0.05, 0.1) is 18.7 Å². The normalized spacial score (nSPS) is 10.4. The highest BCUT2D eigenvalue weighted by Crippen LogP contribution is 2.36. The smallest absolute Gasteiger partial charge is 0.180 e. The number of aliphatic hydroxyl groups is 1. The highest BCUT2D eigenvalue weighted by molar-refractivity contribution is 6.32. The molecule has 20 heavy (non-hydrogen) atoms. The van der Waals surface area contributed by atoms with Gasteiger partial charge in [-0.05, 0) is 36.2 Å². The lowest BCUT2D eigenvalue weighted by Crippen LogP contribution is -2.00. The SMILES string of the molecule is COc1cc(CO)cc(Cl)c1OCc1cncc(C)c1. The molecule has 0 spiro atoms. The third kappa shape index (κ3) is 3.40. The lowest BCUT2D eigenvalue weighted by Gasteiger charge is -2.13. The summed E-state index contributed by atoms with van der Waals surface area (Å²) in [7, 11) is 1.54.